The molecule has 0 spiro atoms. The van der Waals surface area contributed by atoms with Gasteiger partial charge < -0.3 is 10.2 Å². The molecular formula is C17H19BrN2. The Morgan fingerprint density at radius 1 is 1.20 bits per heavy atom. The van der Waals surface area contributed by atoms with Crippen LogP contribution in [0.25, 0.3) is 0 Å². The zero-order chi connectivity index (χ0) is 14.1. The molecule has 0 amide bonds. The maximum Gasteiger partial charge on any atom is 0.0401 e. The summed E-state index contributed by atoms with van der Waals surface area (Å²) in [7, 11) is 2.16. The highest BCUT2D eigenvalue weighted by Crippen LogP contribution is 2.28. The highest BCUT2D eigenvalue weighted by atomic mass is 79.9. The zero-order valence-corrected chi connectivity index (χ0v) is 13.5. The Labute approximate surface area is 128 Å². The third kappa shape index (κ3) is 2.68. The SMILES string of the molecule is Cc1cc(Br)ccc1NCc1ccc2c(c1)CCN2C. The van der Waals surface area contributed by atoms with Crippen LogP contribution in [-0.2, 0) is 13.0 Å². The normalized spacial score (nSPS) is 13.4. The van der Waals surface area contributed by atoms with Crippen LogP contribution in [0.4, 0.5) is 11.4 Å². The topological polar surface area (TPSA) is 15.3 Å². The molecule has 0 radical (unpaired) electrons. The number of hydrogen-bond donors (Lipinski definition) is 1. The summed E-state index contributed by atoms with van der Waals surface area (Å²) in [5, 5.41) is 3.52. The van der Waals surface area contributed by atoms with Crippen LogP contribution < -0.4 is 10.2 Å². The van der Waals surface area contributed by atoms with Crippen LogP contribution >= 0.6 is 15.9 Å². The molecule has 104 valence electrons. The maximum absolute atomic E-state index is 3.52. The minimum absolute atomic E-state index is 0.874. The fraction of sp³-hybridized carbons (Fsp3) is 0.294. The van der Waals surface area contributed by atoms with Crippen LogP contribution in [0.15, 0.2) is 40.9 Å². The first-order valence-electron chi connectivity index (χ1n) is 6.96. The Balaban J connectivity index is 1.73. The molecule has 0 fully saturated rings. The van der Waals surface area contributed by atoms with E-state index in [9.17, 15) is 0 Å². The number of likely N-dealkylation sites (N-methyl/N-ethyl adjacent to an activating group) is 1. The molecule has 0 saturated carbocycles. The van der Waals surface area contributed by atoms with Crippen LogP contribution in [0.1, 0.15) is 16.7 Å². The van der Waals surface area contributed by atoms with E-state index in [1.807, 2.05) is 0 Å². The lowest BCUT2D eigenvalue weighted by Gasteiger charge is -2.13. The monoisotopic (exact) mass is 330 g/mol. The van der Waals surface area contributed by atoms with E-state index in [0.717, 1.165) is 24.0 Å². The van der Waals surface area contributed by atoms with Gasteiger partial charge in [0.25, 0.3) is 0 Å². The van der Waals surface area contributed by atoms with Gasteiger partial charge in [0.05, 0.1) is 0 Å². The zero-order valence-electron chi connectivity index (χ0n) is 11.9. The second-order valence-corrected chi connectivity index (χ2v) is 6.36. The molecule has 0 unspecified atom stereocenters. The number of nitrogens with zero attached hydrogens (tertiary/aromatic N) is 1. The van der Waals surface area contributed by atoms with Gasteiger partial charge in [-0.1, -0.05) is 28.1 Å². The Hall–Kier alpha value is -1.48. The van der Waals surface area contributed by atoms with Gasteiger partial charge in [-0.25, -0.2) is 0 Å². The van der Waals surface area contributed by atoms with Crippen LogP contribution in [0, 0.1) is 6.92 Å². The summed E-state index contributed by atoms with van der Waals surface area (Å²) in [6.45, 7) is 4.14. The van der Waals surface area contributed by atoms with E-state index in [2.05, 4.69) is 76.5 Å². The third-order valence-electron chi connectivity index (χ3n) is 3.94. The largest absolute Gasteiger partial charge is 0.381 e. The summed E-state index contributed by atoms with van der Waals surface area (Å²) in [5.41, 5.74) is 6.67. The first-order chi connectivity index (χ1) is 9.63. The molecule has 1 heterocycles. The molecule has 0 bridgehead atoms. The van der Waals surface area contributed by atoms with E-state index in [0.29, 0.717) is 0 Å². The van der Waals surface area contributed by atoms with E-state index in [4.69, 9.17) is 0 Å². The van der Waals surface area contributed by atoms with E-state index < -0.39 is 0 Å². The van der Waals surface area contributed by atoms with Crippen molar-refractivity contribution in [2.75, 3.05) is 23.8 Å². The molecule has 0 saturated heterocycles. The summed E-state index contributed by atoms with van der Waals surface area (Å²) < 4.78 is 1.13. The Kier molecular flexibility index (Phi) is 3.70. The van der Waals surface area contributed by atoms with Crippen molar-refractivity contribution in [2.24, 2.45) is 0 Å². The van der Waals surface area contributed by atoms with Crippen molar-refractivity contribution >= 4 is 27.3 Å². The molecule has 0 aromatic heterocycles. The minimum Gasteiger partial charge on any atom is -0.381 e. The van der Waals surface area contributed by atoms with Gasteiger partial charge in [-0.05, 0) is 54.3 Å². The number of fused-ring (bicyclic) bond motifs is 1. The van der Waals surface area contributed by atoms with E-state index in [1.165, 1.54) is 28.1 Å². The summed E-state index contributed by atoms with van der Waals surface area (Å²) >= 11 is 3.50. The van der Waals surface area contributed by atoms with Gasteiger partial charge >= 0.3 is 0 Å². The average Bonchev–Trinajstić information content (AvgIpc) is 2.79. The molecule has 1 aliphatic heterocycles. The Bertz CT molecular complexity index is 637. The van der Waals surface area contributed by atoms with Gasteiger partial charge in [0.1, 0.15) is 0 Å². The molecule has 20 heavy (non-hydrogen) atoms. The highest BCUT2D eigenvalue weighted by Gasteiger charge is 2.15. The molecule has 3 heteroatoms. The van der Waals surface area contributed by atoms with Crippen molar-refractivity contribution in [3.63, 3.8) is 0 Å². The fourth-order valence-corrected chi connectivity index (χ4v) is 3.23. The van der Waals surface area contributed by atoms with Gasteiger partial charge in [-0.2, -0.15) is 0 Å². The van der Waals surface area contributed by atoms with Crippen molar-refractivity contribution in [1.29, 1.82) is 0 Å². The molecular weight excluding hydrogens is 312 g/mol. The van der Waals surface area contributed by atoms with Gasteiger partial charge in [0, 0.05) is 36.0 Å². The number of aryl methyl sites for hydroxylation is 1. The molecule has 3 rings (SSSR count). The highest BCUT2D eigenvalue weighted by molar-refractivity contribution is 9.10. The van der Waals surface area contributed by atoms with Crippen molar-refractivity contribution in [2.45, 2.75) is 19.9 Å². The first kappa shape index (κ1) is 13.5. The predicted molar refractivity (Wildman–Crippen MR) is 89.6 cm³/mol. The molecule has 2 nitrogen and oxygen atoms in total. The second-order valence-electron chi connectivity index (χ2n) is 5.45. The van der Waals surface area contributed by atoms with Crippen molar-refractivity contribution in [3.8, 4) is 0 Å². The number of benzene rings is 2. The lowest BCUT2D eigenvalue weighted by atomic mass is 10.1. The van der Waals surface area contributed by atoms with Crippen LogP contribution in [-0.4, -0.2) is 13.6 Å². The van der Waals surface area contributed by atoms with E-state index in [1.54, 1.807) is 0 Å². The molecule has 2 aromatic carbocycles. The van der Waals surface area contributed by atoms with Crippen LogP contribution in [0.2, 0.25) is 0 Å². The van der Waals surface area contributed by atoms with Crippen LogP contribution in [0.5, 0.6) is 0 Å². The summed E-state index contributed by atoms with van der Waals surface area (Å²) in [5.74, 6) is 0. The molecule has 1 aliphatic rings. The number of hydrogen-bond acceptors (Lipinski definition) is 2. The van der Waals surface area contributed by atoms with Crippen molar-refractivity contribution in [1.82, 2.24) is 0 Å². The number of rotatable bonds is 3. The Morgan fingerprint density at radius 2 is 2.05 bits per heavy atom. The van der Waals surface area contributed by atoms with Crippen molar-refractivity contribution in [3.05, 3.63) is 57.6 Å². The second kappa shape index (κ2) is 5.49. The predicted octanol–water partition coefficient (Wildman–Crippen LogP) is 4.36. The number of halogens is 1. The summed E-state index contributed by atoms with van der Waals surface area (Å²) in [6, 6.07) is 13.1. The lowest BCUT2D eigenvalue weighted by Crippen LogP contribution is -2.12. The quantitative estimate of drug-likeness (QED) is 0.899. The average molecular weight is 331 g/mol. The smallest absolute Gasteiger partial charge is 0.0401 e. The maximum atomic E-state index is 3.52. The molecule has 2 aromatic rings. The molecule has 0 atom stereocenters. The number of anilines is 2. The van der Waals surface area contributed by atoms with Gasteiger partial charge in [-0.3, -0.25) is 0 Å². The van der Waals surface area contributed by atoms with Crippen molar-refractivity contribution < 1.29 is 0 Å². The van der Waals surface area contributed by atoms with E-state index >= 15 is 0 Å². The van der Waals surface area contributed by atoms with E-state index in [-0.39, 0.29) is 0 Å². The minimum atomic E-state index is 0.874. The van der Waals surface area contributed by atoms with Gasteiger partial charge in [-0.15, -0.1) is 0 Å². The summed E-state index contributed by atoms with van der Waals surface area (Å²) in [4.78, 5) is 2.32. The summed E-state index contributed by atoms with van der Waals surface area (Å²) in [6.07, 6.45) is 1.16. The van der Waals surface area contributed by atoms with Gasteiger partial charge in [0.2, 0.25) is 0 Å². The molecule has 1 N–H and O–H groups in total. The standard InChI is InChI=1S/C17H19BrN2/c1-12-9-15(18)4-5-16(12)19-11-13-3-6-17-14(10-13)7-8-20(17)2/h3-6,9-10,19H,7-8,11H2,1-2H3. The first-order valence-corrected chi connectivity index (χ1v) is 7.76. The van der Waals surface area contributed by atoms with Gasteiger partial charge in [0.15, 0.2) is 0 Å². The molecule has 0 aliphatic carbocycles. The van der Waals surface area contributed by atoms with Crippen LogP contribution in [0.3, 0.4) is 0 Å². The Morgan fingerprint density at radius 3 is 2.85 bits per heavy atom. The lowest BCUT2D eigenvalue weighted by molar-refractivity contribution is 0.955. The third-order valence-corrected chi connectivity index (χ3v) is 4.44. The fourth-order valence-electron chi connectivity index (χ4n) is 2.75. The number of nitrogens with one attached hydrogen (secondary N) is 1.